The van der Waals surface area contributed by atoms with Gasteiger partial charge in [0.25, 0.3) is 0 Å². The summed E-state index contributed by atoms with van der Waals surface area (Å²) in [4.78, 5) is 4.95. The van der Waals surface area contributed by atoms with Crippen LogP contribution in [0.4, 0.5) is 34.1 Å². The molecule has 1 heterocycles. The second-order valence-corrected chi connectivity index (χ2v) is 15.0. The van der Waals surface area contributed by atoms with Gasteiger partial charge in [0.2, 0.25) is 0 Å². The zero-order chi connectivity index (χ0) is 36.9. The van der Waals surface area contributed by atoms with Gasteiger partial charge in [0.05, 0.1) is 17.1 Å². The highest BCUT2D eigenvalue weighted by Crippen LogP contribution is 2.56. The Bertz CT molecular complexity index is 2840. The number of hydrogen-bond donors (Lipinski definition) is 0. The molecule has 0 saturated heterocycles. The Hall–Kier alpha value is -6.90. The molecule has 10 rings (SSSR count). The van der Waals surface area contributed by atoms with Crippen molar-refractivity contribution in [2.75, 3.05) is 9.80 Å². The molecule has 262 valence electrons. The first-order valence-corrected chi connectivity index (χ1v) is 19.1. The SMILES string of the molecule is CC1(C)c2ccccc2N(c2c(-c3ccccc3)ccc3ccccc23)c2cc(N(c3ccc(-c4ccccc4)cc3)c3ccc4ccccc4c3)ccc21. The number of para-hydroxylation sites is 1. The van der Waals surface area contributed by atoms with Gasteiger partial charge in [0, 0.05) is 33.4 Å². The molecule has 0 spiro atoms. The van der Waals surface area contributed by atoms with Crippen molar-refractivity contribution in [3.63, 3.8) is 0 Å². The van der Waals surface area contributed by atoms with E-state index in [1.54, 1.807) is 0 Å². The van der Waals surface area contributed by atoms with Crippen molar-refractivity contribution in [3.05, 3.63) is 217 Å². The standard InChI is InChI=1S/C53H40N2/c1-53(2)48-23-13-14-24-50(48)55(52-46-22-12-11-20-41(46)28-33-47(52)40-18-7-4-8-19-40)51-36-45(32-34-49(51)53)54(44-31-27-38-17-9-10-21-42(38)35-44)43-29-25-39(26-30-43)37-15-5-3-6-16-37/h3-36H,1-2H3. The van der Waals surface area contributed by atoms with Crippen molar-refractivity contribution >= 4 is 55.7 Å². The summed E-state index contributed by atoms with van der Waals surface area (Å²) in [6, 6.07) is 75.3. The molecule has 0 aliphatic carbocycles. The van der Waals surface area contributed by atoms with Gasteiger partial charge in [-0.3, -0.25) is 0 Å². The van der Waals surface area contributed by atoms with Crippen LogP contribution in [0.5, 0.6) is 0 Å². The molecular weight excluding hydrogens is 665 g/mol. The molecule has 1 aliphatic heterocycles. The third-order valence-electron chi connectivity index (χ3n) is 11.4. The van der Waals surface area contributed by atoms with E-state index < -0.39 is 0 Å². The summed E-state index contributed by atoms with van der Waals surface area (Å²) in [7, 11) is 0. The molecule has 0 atom stereocenters. The van der Waals surface area contributed by atoms with Crippen LogP contribution in [0.15, 0.2) is 206 Å². The maximum Gasteiger partial charge on any atom is 0.0618 e. The van der Waals surface area contributed by atoms with Gasteiger partial charge in [0.1, 0.15) is 0 Å². The minimum absolute atomic E-state index is 0.233. The Labute approximate surface area is 323 Å². The molecule has 0 N–H and O–H groups in total. The maximum absolute atomic E-state index is 2.54. The quantitative estimate of drug-likeness (QED) is 0.170. The van der Waals surface area contributed by atoms with E-state index in [2.05, 4.69) is 230 Å². The number of fused-ring (bicyclic) bond motifs is 4. The summed E-state index contributed by atoms with van der Waals surface area (Å²) in [5.74, 6) is 0. The maximum atomic E-state index is 2.54. The molecule has 2 heteroatoms. The van der Waals surface area contributed by atoms with Crippen LogP contribution in [0, 0.1) is 0 Å². The zero-order valence-corrected chi connectivity index (χ0v) is 31.0. The largest absolute Gasteiger partial charge is 0.310 e. The van der Waals surface area contributed by atoms with Gasteiger partial charge >= 0.3 is 0 Å². The van der Waals surface area contributed by atoms with E-state index in [1.807, 2.05) is 0 Å². The third-order valence-corrected chi connectivity index (χ3v) is 11.4. The molecule has 0 fully saturated rings. The Morgan fingerprint density at radius 1 is 0.382 bits per heavy atom. The summed E-state index contributed by atoms with van der Waals surface area (Å²) in [5.41, 5.74) is 14.1. The molecule has 0 amide bonds. The number of benzene rings is 9. The van der Waals surface area contributed by atoms with E-state index in [-0.39, 0.29) is 5.41 Å². The highest BCUT2D eigenvalue weighted by atomic mass is 15.2. The fourth-order valence-electron chi connectivity index (χ4n) is 8.63. The van der Waals surface area contributed by atoms with Gasteiger partial charge in [-0.25, -0.2) is 0 Å². The molecule has 9 aromatic carbocycles. The monoisotopic (exact) mass is 704 g/mol. The van der Waals surface area contributed by atoms with Crippen molar-refractivity contribution in [2.45, 2.75) is 19.3 Å². The first kappa shape index (κ1) is 32.7. The predicted molar refractivity (Wildman–Crippen MR) is 234 cm³/mol. The van der Waals surface area contributed by atoms with E-state index in [1.165, 1.54) is 72.0 Å². The summed E-state index contributed by atoms with van der Waals surface area (Å²) in [6.07, 6.45) is 0. The van der Waals surface area contributed by atoms with E-state index in [4.69, 9.17) is 0 Å². The van der Waals surface area contributed by atoms with Crippen LogP contribution in [0.3, 0.4) is 0 Å². The average Bonchev–Trinajstić information content (AvgIpc) is 3.25. The molecular formula is C53H40N2. The van der Waals surface area contributed by atoms with Crippen LogP contribution in [0.25, 0.3) is 43.8 Å². The molecule has 0 bridgehead atoms. The van der Waals surface area contributed by atoms with Gasteiger partial charge in [-0.15, -0.1) is 0 Å². The normalized spacial score (nSPS) is 13.0. The minimum atomic E-state index is -0.233. The lowest BCUT2D eigenvalue weighted by atomic mass is 9.73. The second-order valence-electron chi connectivity index (χ2n) is 15.0. The van der Waals surface area contributed by atoms with Crippen LogP contribution in [0.1, 0.15) is 25.0 Å². The van der Waals surface area contributed by atoms with E-state index >= 15 is 0 Å². The second kappa shape index (κ2) is 13.2. The number of rotatable bonds is 6. The van der Waals surface area contributed by atoms with Crippen LogP contribution >= 0.6 is 0 Å². The highest BCUT2D eigenvalue weighted by Gasteiger charge is 2.38. The van der Waals surface area contributed by atoms with Crippen LogP contribution in [-0.2, 0) is 5.41 Å². The Morgan fingerprint density at radius 3 is 1.71 bits per heavy atom. The van der Waals surface area contributed by atoms with Gasteiger partial charge in [-0.2, -0.15) is 0 Å². The first-order valence-electron chi connectivity index (χ1n) is 19.1. The van der Waals surface area contributed by atoms with Crippen molar-refractivity contribution in [1.29, 1.82) is 0 Å². The van der Waals surface area contributed by atoms with Crippen molar-refractivity contribution in [3.8, 4) is 22.3 Å². The topological polar surface area (TPSA) is 6.48 Å². The van der Waals surface area contributed by atoms with Crippen LogP contribution in [0.2, 0.25) is 0 Å². The van der Waals surface area contributed by atoms with Gasteiger partial charge in [-0.1, -0.05) is 178 Å². The lowest BCUT2D eigenvalue weighted by molar-refractivity contribution is 0.632. The Kier molecular flexibility index (Phi) is 7.85. The van der Waals surface area contributed by atoms with Gasteiger partial charge in [0.15, 0.2) is 0 Å². The van der Waals surface area contributed by atoms with Crippen molar-refractivity contribution in [2.24, 2.45) is 0 Å². The molecule has 9 aromatic rings. The number of hydrogen-bond acceptors (Lipinski definition) is 2. The zero-order valence-electron chi connectivity index (χ0n) is 31.0. The third kappa shape index (κ3) is 5.57. The lowest BCUT2D eigenvalue weighted by Crippen LogP contribution is -2.31. The molecule has 0 aromatic heterocycles. The van der Waals surface area contributed by atoms with Gasteiger partial charge in [-0.05, 0) is 86.4 Å². The summed E-state index contributed by atoms with van der Waals surface area (Å²) in [6.45, 7) is 4.73. The summed E-state index contributed by atoms with van der Waals surface area (Å²) < 4.78 is 0. The Morgan fingerprint density at radius 2 is 0.927 bits per heavy atom. The van der Waals surface area contributed by atoms with Gasteiger partial charge < -0.3 is 9.80 Å². The summed E-state index contributed by atoms with van der Waals surface area (Å²) >= 11 is 0. The lowest BCUT2D eigenvalue weighted by Gasteiger charge is -2.43. The van der Waals surface area contributed by atoms with E-state index in [0.29, 0.717) is 0 Å². The molecule has 0 unspecified atom stereocenters. The number of nitrogens with zero attached hydrogens (tertiary/aromatic N) is 2. The molecule has 1 aliphatic rings. The van der Waals surface area contributed by atoms with Crippen molar-refractivity contribution < 1.29 is 0 Å². The van der Waals surface area contributed by atoms with Crippen molar-refractivity contribution in [1.82, 2.24) is 0 Å². The van der Waals surface area contributed by atoms with Crippen LogP contribution in [-0.4, -0.2) is 0 Å². The molecule has 55 heavy (non-hydrogen) atoms. The highest BCUT2D eigenvalue weighted by molar-refractivity contribution is 6.08. The first-order chi connectivity index (χ1) is 27.0. The van der Waals surface area contributed by atoms with E-state index in [9.17, 15) is 0 Å². The Balaban J connectivity index is 1.23. The smallest absolute Gasteiger partial charge is 0.0618 e. The predicted octanol–water partition coefficient (Wildman–Crippen LogP) is 14.9. The average molecular weight is 705 g/mol. The fraction of sp³-hybridized carbons (Fsp3) is 0.0566. The van der Waals surface area contributed by atoms with E-state index in [0.717, 1.165) is 17.1 Å². The summed E-state index contributed by atoms with van der Waals surface area (Å²) in [5, 5.41) is 4.87. The van der Waals surface area contributed by atoms with Crippen LogP contribution < -0.4 is 9.80 Å². The molecule has 2 nitrogen and oxygen atoms in total. The fourth-order valence-corrected chi connectivity index (χ4v) is 8.63. The number of anilines is 6. The minimum Gasteiger partial charge on any atom is -0.310 e. The molecule has 0 radical (unpaired) electrons. The molecule has 0 saturated carbocycles.